The lowest BCUT2D eigenvalue weighted by Crippen LogP contribution is -2.30. The minimum atomic E-state index is -0.0833. The Morgan fingerprint density at radius 1 is 1.43 bits per heavy atom. The lowest BCUT2D eigenvalue weighted by Gasteiger charge is -2.24. The van der Waals surface area contributed by atoms with Gasteiger partial charge in [0.05, 0.1) is 35.7 Å². The molecule has 0 saturated carbocycles. The second-order valence-corrected chi connectivity index (χ2v) is 6.37. The van der Waals surface area contributed by atoms with E-state index >= 15 is 0 Å². The van der Waals surface area contributed by atoms with Gasteiger partial charge in [0, 0.05) is 13.5 Å². The third-order valence-corrected chi connectivity index (χ3v) is 4.61. The number of aromatic nitrogens is 2. The Labute approximate surface area is 138 Å². The van der Waals surface area contributed by atoms with Gasteiger partial charge in [0.1, 0.15) is 4.88 Å². The number of pyridine rings is 1. The first-order valence-corrected chi connectivity index (χ1v) is 8.43. The van der Waals surface area contributed by atoms with Gasteiger partial charge >= 0.3 is 0 Å². The van der Waals surface area contributed by atoms with Crippen LogP contribution >= 0.6 is 11.3 Å². The van der Waals surface area contributed by atoms with E-state index in [1.165, 1.54) is 18.3 Å². The predicted octanol–water partition coefficient (Wildman–Crippen LogP) is 2.15. The number of rotatable bonds is 4. The molecule has 6 nitrogen and oxygen atoms in total. The fraction of sp³-hybridized carbons (Fsp3) is 0.375. The summed E-state index contributed by atoms with van der Waals surface area (Å²) in [6, 6.07) is 5.73. The summed E-state index contributed by atoms with van der Waals surface area (Å²) in [5.41, 5.74) is 3.35. The van der Waals surface area contributed by atoms with Crippen molar-refractivity contribution in [3.63, 3.8) is 0 Å². The number of nitrogens with zero attached hydrogens (tertiary/aromatic N) is 3. The number of hydrogen-bond donors (Lipinski definition) is 1. The number of carbonyl (C=O) groups is 2. The third kappa shape index (κ3) is 3.56. The molecule has 0 bridgehead atoms. The molecule has 120 valence electrons. The summed E-state index contributed by atoms with van der Waals surface area (Å²) in [5, 5.41) is 2.75. The molecular formula is C16H18N4O2S. The molecule has 1 aliphatic rings. The molecule has 2 amide bonds. The van der Waals surface area contributed by atoms with Crippen LogP contribution in [0, 0.1) is 0 Å². The number of likely N-dealkylation sites (tertiary alicyclic amines) is 1. The van der Waals surface area contributed by atoms with Crippen LogP contribution in [0.25, 0.3) is 0 Å². The number of hydrogen-bond acceptors (Lipinski definition) is 5. The van der Waals surface area contributed by atoms with E-state index in [9.17, 15) is 9.59 Å². The lowest BCUT2D eigenvalue weighted by atomic mass is 10.1. The van der Waals surface area contributed by atoms with Crippen molar-refractivity contribution >= 4 is 23.2 Å². The Balaban J connectivity index is 1.78. The van der Waals surface area contributed by atoms with Crippen LogP contribution in [0.5, 0.6) is 0 Å². The maximum atomic E-state index is 12.6. The van der Waals surface area contributed by atoms with Crippen LogP contribution in [0.1, 0.15) is 46.9 Å². The normalized spacial score (nSPS) is 17.3. The van der Waals surface area contributed by atoms with E-state index in [0.717, 1.165) is 30.8 Å². The number of nitrogens with one attached hydrogen (secondary N) is 1. The third-order valence-electron chi connectivity index (χ3n) is 3.84. The minimum Gasteiger partial charge on any atom is -0.351 e. The standard InChI is InChI=1S/C16H18N4O2S/c1-11(21)18-8-12-4-2-5-13(19-12)14-6-3-7-20(14)16(22)15-9-17-10-23-15/h2,4-5,9-10,14H,3,6-8H2,1H3,(H,18,21)/t14-/m0/s1. The van der Waals surface area contributed by atoms with E-state index in [4.69, 9.17) is 0 Å². The molecule has 0 unspecified atom stereocenters. The fourth-order valence-electron chi connectivity index (χ4n) is 2.78. The number of thiazole rings is 1. The van der Waals surface area contributed by atoms with Crippen molar-refractivity contribution in [3.8, 4) is 0 Å². The number of amides is 2. The minimum absolute atomic E-state index is 0.0121. The molecule has 1 atom stereocenters. The van der Waals surface area contributed by atoms with E-state index in [2.05, 4.69) is 15.3 Å². The summed E-state index contributed by atoms with van der Waals surface area (Å²) in [7, 11) is 0. The van der Waals surface area contributed by atoms with Crippen molar-refractivity contribution in [2.24, 2.45) is 0 Å². The van der Waals surface area contributed by atoms with Gasteiger partial charge in [-0.15, -0.1) is 11.3 Å². The van der Waals surface area contributed by atoms with Crippen molar-refractivity contribution in [2.75, 3.05) is 6.54 Å². The topological polar surface area (TPSA) is 75.2 Å². The SMILES string of the molecule is CC(=O)NCc1cccc([C@@H]2CCCN2C(=O)c2cncs2)n1. The maximum Gasteiger partial charge on any atom is 0.266 e. The second-order valence-electron chi connectivity index (χ2n) is 5.49. The smallest absolute Gasteiger partial charge is 0.266 e. The first-order chi connectivity index (χ1) is 11.1. The summed E-state index contributed by atoms with van der Waals surface area (Å²) in [6.07, 6.45) is 3.48. The molecule has 1 aliphatic heterocycles. The molecular weight excluding hydrogens is 312 g/mol. The van der Waals surface area contributed by atoms with Crippen LogP contribution in [0.3, 0.4) is 0 Å². The van der Waals surface area contributed by atoms with Crippen molar-refractivity contribution < 1.29 is 9.59 Å². The Kier molecular flexibility index (Phi) is 4.66. The second kappa shape index (κ2) is 6.87. The van der Waals surface area contributed by atoms with Crippen molar-refractivity contribution in [3.05, 3.63) is 46.2 Å². The zero-order valence-corrected chi connectivity index (χ0v) is 13.7. The van der Waals surface area contributed by atoms with Crippen molar-refractivity contribution in [2.45, 2.75) is 32.4 Å². The van der Waals surface area contributed by atoms with E-state index in [-0.39, 0.29) is 17.9 Å². The highest BCUT2D eigenvalue weighted by Gasteiger charge is 2.32. The van der Waals surface area contributed by atoms with Gasteiger partial charge in [0.15, 0.2) is 0 Å². The molecule has 0 radical (unpaired) electrons. The van der Waals surface area contributed by atoms with E-state index < -0.39 is 0 Å². The van der Waals surface area contributed by atoms with Gasteiger partial charge in [0.2, 0.25) is 5.91 Å². The summed E-state index contributed by atoms with van der Waals surface area (Å²) < 4.78 is 0. The molecule has 0 aliphatic carbocycles. The maximum absolute atomic E-state index is 12.6. The molecule has 0 spiro atoms. The number of carbonyl (C=O) groups excluding carboxylic acids is 2. The van der Waals surface area contributed by atoms with Gasteiger partial charge in [-0.05, 0) is 25.0 Å². The Bertz CT molecular complexity index is 702. The molecule has 0 aromatic carbocycles. The quantitative estimate of drug-likeness (QED) is 0.932. The Morgan fingerprint density at radius 2 is 2.30 bits per heavy atom. The molecule has 7 heteroatoms. The summed E-state index contributed by atoms with van der Waals surface area (Å²) >= 11 is 1.36. The summed E-state index contributed by atoms with van der Waals surface area (Å²) in [5.74, 6) is -0.0656. The average molecular weight is 330 g/mol. The zero-order valence-electron chi connectivity index (χ0n) is 12.9. The van der Waals surface area contributed by atoms with Crippen LogP contribution in [0.4, 0.5) is 0 Å². The van der Waals surface area contributed by atoms with E-state index in [0.29, 0.717) is 11.4 Å². The highest BCUT2D eigenvalue weighted by atomic mass is 32.1. The molecule has 1 saturated heterocycles. The molecule has 3 rings (SSSR count). The lowest BCUT2D eigenvalue weighted by molar-refractivity contribution is -0.119. The average Bonchev–Trinajstić information content (AvgIpc) is 3.23. The van der Waals surface area contributed by atoms with Gasteiger partial charge in [-0.2, -0.15) is 0 Å². The molecule has 2 aromatic rings. The first-order valence-electron chi connectivity index (χ1n) is 7.55. The molecule has 1 N–H and O–H groups in total. The van der Waals surface area contributed by atoms with Gasteiger partial charge < -0.3 is 10.2 Å². The fourth-order valence-corrected chi connectivity index (χ4v) is 3.35. The van der Waals surface area contributed by atoms with Gasteiger partial charge in [-0.3, -0.25) is 19.6 Å². The summed E-state index contributed by atoms with van der Waals surface area (Å²) in [4.78, 5) is 34.8. The van der Waals surface area contributed by atoms with Crippen LogP contribution in [0.2, 0.25) is 0 Å². The molecule has 23 heavy (non-hydrogen) atoms. The monoisotopic (exact) mass is 330 g/mol. The van der Waals surface area contributed by atoms with Gasteiger partial charge in [-0.1, -0.05) is 6.07 Å². The Hall–Kier alpha value is -2.28. The first kappa shape index (κ1) is 15.6. The van der Waals surface area contributed by atoms with E-state index in [1.807, 2.05) is 23.1 Å². The highest BCUT2D eigenvalue weighted by Crippen LogP contribution is 2.32. The largest absolute Gasteiger partial charge is 0.351 e. The zero-order chi connectivity index (χ0) is 16.2. The Morgan fingerprint density at radius 3 is 3.04 bits per heavy atom. The van der Waals surface area contributed by atoms with Gasteiger partial charge in [-0.25, -0.2) is 0 Å². The van der Waals surface area contributed by atoms with Gasteiger partial charge in [0.25, 0.3) is 5.91 Å². The molecule has 1 fully saturated rings. The molecule has 3 heterocycles. The highest BCUT2D eigenvalue weighted by molar-refractivity contribution is 7.11. The summed E-state index contributed by atoms with van der Waals surface area (Å²) in [6.45, 7) is 2.62. The van der Waals surface area contributed by atoms with Crippen molar-refractivity contribution in [1.29, 1.82) is 0 Å². The predicted molar refractivity (Wildman–Crippen MR) is 86.9 cm³/mol. The van der Waals surface area contributed by atoms with Crippen LogP contribution < -0.4 is 5.32 Å². The van der Waals surface area contributed by atoms with Crippen LogP contribution in [-0.4, -0.2) is 33.2 Å². The molecule has 2 aromatic heterocycles. The van der Waals surface area contributed by atoms with E-state index in [1.54, 1.807) is 11.7 Å². The van der Waals surface area contributed by atoms with Crippen molar-refractivity contribution in [1.82, 2.24) is 20.2 Å². The van der Waals surface area contributed by atoms with Crippen LogP contribution in [0.15, 0.2) is 29.9 Å². The van der Waals surface area contributed by atoms with Crippen LogP contribution in [-0.2, 0) is 11.3 Å².